The van der Waals surface area contributed by atoms with E-state index < -0.39 is 0 Å². The maximum atomic E-state index is 10.9. The highest BCUT2D eigenvalue weighted by atomic mass is 32.1. The molecule has 0 N–H and O–H groups in total. The molecule has 0 aliphatic carbocycles. The van der Waals surface area contributed by atoms with E-state index in [1.165, 1.54) is 4.88 Å². The first kappa shape index (κ1) is 10.2. The van der Waals surface area contributed by atoms with Crippen LogP contribution in [0.15, 0.2) is 0 Å². The molecule has 0 aromatic carbocycles. The third-order valence-electron chi connectivity index (χ3n) is 1.98. The fourth-order valence-electron chi connectivity index (χ4n) is 0.921. The van der Waals surface area contributed by atoms with Crippen LogP contribution in [0.25, 0.3) is 0 Å². The van der Waals surface area contributed by atoms with Gasteiger partial charge in [0.05, 0.1) is 12.2 Å². The van der Waals surface area contributed by atoms with Crippen LogP contribution >= 0.6 is 11.3 Å². The maximum absolute atomic E-state index is 10.9. The van der Waals surface area contributed by atoms with Gasteiger partial charge >= 0.3 is 0 Å². The van der Waals surface area contributed by atoms with Gasteiger partial charge < -0.3 is 4.90 Å². The third kappa shape index (κ3) is 2.52. The molecule has 13 heavy (non-hydrogen) atoms. The zero-order valence-corrected chi connectivity index (χ0v) is 9.23. The molecule has 0 saturated carbocycles. The normalized spacial score (nSPS) is 10.2. The molecule has 0 unspecified atom stereocenters. The van der Waals surface area contributed by atoms with Crippen molar-refractivity contribution in [2.45, 2.75) is 27.3 Å². The molecule has 0 radical (unpaired) electrons. The first-order chi connectivity index (χ1) is 6.00. The molecule has 1 amide bonds. The van der Waals surface area contributed by atoms with Gasteiger partial charge in [-0.15, -0.1) is 11.3 Å². The molecule has 1 aromatic rings. The predicted molar refractivity (Wildman–Crippen MR) is 53.7 cm³/mol. The van der Waals surface area contributed by atoms with Crippen molar-refractivity contribution in [2.24, 2.45) is 0 Å². The largest absolute Gasteiger partial charge is 0.339 e. The highest BCUT2D eigenvalue weighted by molar-refractivity contribution is 7.11. The number of thiazole rings is 1. The summed E-state index contributed by atoms with van der Waals surface area (Å²) in [5, 5.41) is 1.01. The molecule has 3 nitrogen and oxygen atoms in total. The van der Waals surface area contributed by atoms with Crippen LogP contribution in [0.3, 0.4) is 0 Å². The fraction of sp³-hybridized carbons (Fsp3) is 0.556. The van der Waals surface area contributed by atoms with Gasteiger partial charge in [-0.1, -0.05) is 0 Å². The molecule has 0 aliphatic rings. The summed E-state index contributed by atoms with van der Waals surface area (Å²) in [6.45, 7) is 6.22. The van der Waals surface area contributed by atoms with Crippen LogP contribution in [0.4, 0.5) is 0 Å². The van der Waals surface area contributed by atoms with Crippen LogP contribution in [-0.2, 0) is 11.3 Å². The Kier molecular flexibility index (Phi) is 3.03. The summed E-state index contributed by atoms with van der Waals surface area (Å²) in [4.78, 5) is 18.2. The number of aromatic nitrogens is 1. The zero-order chi connectivity index (χ0) is 10.0. The van der Waals surface area contributed by atoms with Crippen molar-refractivity contribution in [1.29, 1.82) is 0 Å². The van der Waals surface area contributed by atoms with Crippen LogP contribution < -0.4 is 0 Å². The van der Waals surface area contributed by atoms with E-state index in [-0.39, 0.29) is 5.91 Å². The molecule has 4 heteroatoms. The van der Waals surface area contributed by atoms with Crippen molar-refractivity contribution in [1.82, 2.24) is 9.88 Å². The van der Waals surface area contributed by atoms with E-state index in [0.29, 0.717) is 6.54 Å². The van der Waals surface area contributed by atoms with Crippen LogP contribution in [0, 0.1) is 13.8 Å². The first-order valence-electron chi connectivity index (χ1n) is 4.15. The Morgan fingerprint density at radius 2 is 2.15 bits per heavy atom. The fourth-order valence-corrected chi connectivity index (χ4v) is 1.91. The smallest absolute Gasteiger partial charge is 0.219 e. The van der Waals surface area contributed by atoms with Gasteiger partial charge in [-0.05, 0) is 13.8 Å². The molecule has 0 spiro atoms. The quantitative estimate of drug-likeness (QED) is 0.725. The predicted octanol–water partition coefficient (Wildman–Crippen LogP) is 1.74. The summed E-state index contributed by atoms with van der Waals surface area (Å²) in [6, 6.07) is 0. The van der Waals surface area contributed by atoms with Crippen LogP contribution in [0.5, 0.6) is 0 Å². The minimum atomic E-state index is 0.0745. The van der Waals surface area contributed by atoms with Gasteiger partial charge in [0.15, 0.2) is 0 Å². The van der Waals surface area contributed by atoms with E-state index in [4.69, 9.17) is 0 Å². The van der Waals surface area contributed by atoms with E-state index in [9.17, 15) is 4.79 Å². The third-order valence-corrected chi connectivity index (χ3v) is 3.04. The van der Waals surface area contributed by atoms with Gasteiger partial charge in [0, 0.05) is 18.8 Å². The molecule has 0 saturated heterocycles. The highest BCUT2D eigenvalue weighted by Crippen LogP contribution is 2.17. The molecule has 0 aliphatic heterocycles. The summed E-state index contributed by atoms with van der Waals surface area (Å²) in [5.41, 5.74) is 1.07. The molecule has 1 heterocycles. The lowest BCUT2D eigenvalue weighted by molar-refractivity contribution is -0.128. The van der Waals surface area contributed by atoms with Crippen molar-refractivity contribution in [3.05, 3.63) is 15.6 Å². The van der Waals surface area contributed by atoms with E-state index >= 15 is 0 Å². The lowest BCUT2D eigenvalue weighted by atomic mass is 10.4. The topological polar surface area (TPSA) is 33.2 Å². The summed E-state index contributed by atoms with van der Waals surface area (Å²) < 4.78 is 0. The second-order valence-corrected chi connectivity index (χ2v) is 4.41. The SMILES string of the molecule is CC(=O)N(C)Cc1nc(C)c(C)s1. The minimum absolute atomic E-state index is 0.0745. The van der Waals surface area contributed by atoms with E-state index in [0.717, 1.165) is 10.7 Å². The number of amides is 1. The molecule has 1 aromatic heterocycles. The lowest BCUT2D eigenvalue weighted by Gasteiger charge is -2.11. The number of hydrogen-bond acceptors (Lipinski definition) is 3. The summed E-state index contributed by atoms with van der Waals surface area (Å²) in [6.07, 6.45) is 0. The van der Waals surface area contributed by atoms with E-state index in [1.807, 2.05) is 13.8 Å². The summed E-state index contributed by atoms with van der Waals surface area (Å²) in [5.74, 6) is 0.0745. The van der Waals surface area contributed by atoms with Crippen molar-refractivity contribution in [2.75, 3.05) is 7.05 Å². The Balaban J connectivity index is 2.69. The average Bonchev–Trinajstić information content (AvgIpc) is 2.31. The van der Waals surface area contributed by atoms with Crippen molar-refractivity contribution >= 4 is 17.2 Å². The zero-order valence-electron chi connectivity index (χ0n) is 8.42. The number of hydrogen-bond donors (Lipinski definition) is 0. The first-order valence-corrected chi connectivity index (χ1v) is 4.97. The maximum Gasteiger partial charge on any atom is 0.219 e. The number of nitrogens with zero attached hydrogens (tertiary/aromatic N) is 2. The summed E-state index contributed by atoms with van der Waals surface area (Å²) >= 11 is 1.66. The Hall–Kier alpha value is -0.900. The van der Waals surface area contributed by atoms with Gasteiger partial charge in [0.25, 0.3) is 0 Å². The van der Waals surface area contributed by atoms with Gasteiger partial charge in [0.2, 0.25) is 5.91 Å². The molecular weight excluding hydrogens is 184 g/mol. The lowest BCUT2D eigenvalue weighted by Crippen LogP contribution is -2.22. The van der Waals surface area contributed by atoms with Crippen molar-refractivity contribution < 1.29 is 4.79 Å². The Morgan fingerprint density at radius 1 is 1.54 bits per heavy atom. The van der Waals surface area contributed by atoms with E-state index in [1.54, 1.807) is 30.2 Å². The van der Waals surface area contributed by atoms with Gasteiger partial charge in [0.1, 0.15) is 5.01 Å². The van der Waals surface area contributed by atoms with Crippen LogP contribution in [-0.4, -0.2) is 22.8 Å². The molecule has 0 atom stereocenters. The molecule has 72 valence electrons. The minimum Gasteiger partial charge on any atom is -0.339 e. The monoisotopic (exact) mass is 198 g/mol. The second kappa shape index (κ2) is 3.87. The molecule has 0 fully saturated rings. The highest BCUT2D eigenvalue weighted by Gasteiger charge is 2.08. The van der Waals surface area contributed by atoms with Crippen LogP contribution in [0.2, 0.25) is 0 Å². The Bertz CT molecular complexity index is 300. The average molecular weight is 198 g/mol. The molecule has 1 rings (SSSR count). The summed E-state index contributed by atoms with van der Waals surface area (Å²) in [7, 11) is 1.79. The Morgan fingerprint density at radius 3 is 2.54 bits per heavy atom. The number of carbonyl (C=O) groups excluding carboxylic acids is 1. The van der Waals surface area contributed by atoms with Gasteiger partial charge in [-0.3, -0.25) is 4.79 Å². The second-order valence-electron chi connectivity index (χ2n) is 3.12. The molecular formula is C9H14N2OS. The van der Waals surface area contributed by atoms with Crippen molar-refractivity contribution in [3.8, 4) is 0 Å². The number of aryl methyl sites for hydroxylation is 2. The number of rotatable bonds is 2. The standard InChI is InChI=1S/C9H14N2OS/c1-6-7(2)13-9(10-6)5-11(4)8(3)12/h5H2,1-4H3. The number of carbonyl (C=O) groups is 1. The van der Waals surface area contributed by atoms with Gasteiger partial charge in [-0.25, -0.2) is 4.98 Å². The Labute approximate surface area is 82.4 Å². The molecule has 0 bridgehead atoms. The van der Waals surface area contributed by atoms with Gasteiger partial charge in [-0.2, -0.15) is 0 Å². The van der Waals surface area contributed by atoms with Crippen LogP contribution in [0.1, 0.15) is 22.5 Å². The van der Waals surface area contributed by atoms with Crippen molar-refractivity contribution in [3.63, 3.8) is 0 Å². The van der Waals surface area contributed by atoms with E-state index in [2.05, 4.69) is 4.98 Å².